The normalized spacial score (nSPS) is 10.3. The number of ether oxygens (including phenoxy) is 1. The van der Waals surface area contributed by atoms with Gasteiger partial charge in [0.1, 0.15) is 18.0 Å². The Hall–Kier alpha value is -3.10. The average Bonchev–Trinajstić information content (AvgIpc) is 2.81. The van der Waals surface area contributed by atoms with Gasteiger partial charge in [-0.2, -0.15) is 0 Å². The van der Waals surface area contributed by atoms with Crippen molar-refractivity contribution in [3.63, 3.8) is 0 Å². The molecule has 0 radical (unpaired) electrons. The first-order valence-electron chi connectivity index (χ1n) is 5.76. The van der Waals surface area contributed by atoms with Gasteiger partial charge in [0.25, 0.3) is 0 Å². The fourth-order valence-corrected chi connectivity index (χ4v) is 1.86. The number of aromatic nitrogens is 3. The zero-order valence-corrected chi connectivity index (χ0v) is 11.0. The average molecular weight is 292 g/mol. The largest absolute Gasteiger partial charge is 0.495 e. The fraction of sp³-hybridized carbons (Fsp3) is 0.167. The number of carbonyl (C=O) groups is 2. The zero-order valence-electron chi connectivity index (χ0n) is 11.0. The Morgan fingerprint density at radius 2 is 2.10 bits per heavy atom. The number of aromatic carboxylic acids is 1. The second-order valence-corrected chi connectivity index (χ2v) is 4.10. The van der Waals surface area contributed by atoms with Gasteiger partial charge in [0.05, 0.1) is 12.8 Å². The number of hydrogen-bond acceptors (Lipinski definition) is 6. The van der Waals surface area contributed by atoms with Crippen molar-refractivity contribution in [1.29, 1.82) is 0 Å². The summed E-state index contributed by atoms with van der Waals surface area (Å²) in [5.41, 5.74) is 6.17. The minimum Gasteiger partial charge on any atom is -0.495 e. The standard InChI is InChI=1S/C12H12N4O5/c1-21-8-3-2-6(4-7(8)13)11-10(12(19)20)14-15-16(11)5-9(17)18/h2-4H,5,13H2,1H3,(H,17,18)(H,19,20). The monoisotopic (exact) mass is 292 g/mol. The van der Waals surface area contributed by atoms with Gasteiger partial charge in [0.15, 0.2) is 5.69 Å². The molecule has 0 saturated carbocycles. The highest BCUT2D eigenvalue weighted by atomic mass is 16.5. The van der Waals surface area contributed by atoms with E-state index in [1.807, 2.05) is 0 Å². The zero-order chi connectivity index (χ0) is 15.6. The van der Waals surface area contributed by atoms with Crippen molar-refractivity contribution in [2.75, 3.05) is 12.8 Å². The highest BCUT2D eigenvalue weighted by molar-refractivity contribution is 5.93. The first-order chi connectivity index (χ1) is 9.93. The molecule has 0 spiro atoms. The van der Waals surface area contributed by atoms with E-state index >= 15 is 0 Å². The molecule has 2 rings (SSSR count). The van der Waals surface area contributed by atoms with Crippen LogP contribution in [0.3, 0.4) is 0 Å². The number of benzene rings is 1. The third-order valence-electron chi connectivity index (χ3n) is 2.73. The van der Waals surface area contributed by atoms with Crippen LogP contribution >= 0.6 is 0 Å². The molecule has 9 heteroatoms. The van der Waals surface area contributed by atoms with E-state index in [1.165, 1.54) is 13.2 Å². The molecule has 2 aromatic rings. The topological polar surface area (TPSA) is 141 Å². The number of nitrogens with zero attached hydrogens (tertiary/aromatic N) is 3. The molecule has 0 unspecified atom stereocenters. The van der Waals surface area contributed by atoms with Gasteiger partial charge in [0, 0.05) is 5.56 Å². The van der Waals surface area contributed by atoms with Crippen LogP contribution in [-0.2, 0) is 11.3 Å². The first-order valence-corrected chi connectivity index (χ1v) is 5.76. The molecule has 1 aromatic heterocycles. The van der Waals surface area contributed by atoms with E-state index in [4.69, 9.17) is 20.7 Å². The lowest BCUT2D eigenvalue weighted by Gasteiger charge is -2.08. The summed E-state index contributed by atoms with van der Waals surface area (Å²) in [5, 5.41) is 25.0. The summed E-state index contributed by atoms with van der Waals surface area (Å²) in [6.07, 6.45) is 0. The number of nitrogen functional groups attached to an aromatic ring is 1. The van der Waals surface area contributed by atoms with E-state index in [-0.39, 0.29) is 17.1 Å². The lowest BCUT2D eigenvalue weighted by molar-refractivity contribution is -0.137. The summed E-state index contributed by atoms with van der Waals surface area (Å²) in [6, 6.07) is 4.58. The van der Waals surface area contributed by atoms with Crippen molar-refractivity contribution >= 4 is 17.6 Å². The van der Waals surface area contributed by atoms with Crippen molar-refractivity contribution in [2.24, 2.45) is 0 Å². The summed E-state index contributed by atoms with van der Waals surface area (Å²) in [7, 11) is 1.45. The third kappa shape index (κ3) is 2.76. The van der Waals surface area contributed by atoms with Crippen LogP contribution in [0.25, 0.3) is 11.3 Å². The molecule has 9 nitrogen and oxygen atoms in total. The Bertz CT molecular complexity index is 710. The number of rotatable bonds is 5. The van der Waals surface area contributed by atoms with E-state index in [0.717, 1.165) is 4.68 Å². The van der Waals surface area contributed by atoms with Gasteiger partial charge in [0.2, 0.25) is 0 Å². The Kier molecular flexibility index (Phi) is 3.74. The predicted molar refractivity (Wildman–Crippen MR) is 71.0 cm³/mol. The van der Waals surface area contributed by atoms with Crippen molar-refractivity contribution < 1.29 is 24.5 Å². The lowest BCUT2D eigenvalue weighted by atomic mass is 10.1. The minimum absolute atomic E-state index is 0.0688. The molecule has 0 aliphatic rings. The summed E-state index contributed by atoms with van der Waals surface area (Å²) in [5.74, 6) is -2.05. The molecule has 1 heterocycles. The van der Waals surface area contributed by atoms with Gasteiger partial charge in [-0.05, 0) is 18.2 Å². The van der Waals surface area contributed by atoms with Gasteiger partial charge in [-0.15, -0.1) is 5.10 Å². The Morgan fingerprint density at radius 3 is 2.62 bits per heavy atom. The first kappa shape index (κ1) is 14.3. The molecule has 21 heavy (non-hydrogen) atoms. The van der Waals surface area contributed by atoms with Crippen LogP contribution in [-0.4, -0.2) is 44.3 Å². The summed E-state index contributed by atoms with van der Waals surface area (Å²) < 4.78 is 6.01. The van der Waals surface area contributed by atoms with Gasteiger partial charge in [-0.3, -0.25) is 4.79 Å². The molecule has 0 atom stereocenters. The molecular weight excluding hydrogens is 280 g/mol. The number of aliphatic carboxylic acids is 1. The number of nitrogens with two attached hydrogens (primary N) is 1. The highest BCUT2D eigenvalue weighted by Gasteiger charge is 2.22. The second kappa shape index (κ2) is 5.49. The molecule has 0 aliphatic heterocycles. The highest BCUT2D eigenvalue weighted by Crippen LogP contribution is 2.29. The fourth-order valence-electron chi connectivity index (χ4n) is 1.86. The van der Waals surface area contributed by atoms with Gasteiger partial charge < -0.3 is 20.7 Å². The smallest absolute Gasteiger partial charge is 0.358 e. The van der Waals surface area contributed by atoms with E-state index in [1.54, 1.807) is 12.1 Å². The molecule has 0 fully saturated rings. The molecule has 110 valence electrons. The van der Waals surface area contributed by atoms with Crippen molar-refractivity contribution in [3.05, 3.63) is 23.9 Å². The van der Waals surface area contributed by atoms with Crippen LogP contribution in [0.5, 0.6) is 5.75 Å². The van der Waals surface area contributed by atoms with Crippen molar-refractivity contribution in [2.45, 2.75) is 6.54 Å². The molecular formula is C12H12N4O5. The second-order valence-electron chi connectivity index (χ2n) is 4.10. The van der Waals surface area contributed by atoms with Crippen molar-refractivity contribution in [1.82, 2.24) is 15.0 Å². The van der Waals surface area contributed by atoms with Crippen LogP contribution in [0.4, 0.5) is 5.69 Å². The SMILES string of the molecule is COc1ccc(-c2c(C(=O)O)nnn2CC(=O)O)cc1N. The lowest BCUT2D eigenvalue weighted by Crippen LogP contribution is -2.12. The molecule has 0 saturated heterocycles. The molecule has 0 bridgehead atoms. The Labute approximate surface area is 118 Å². The van der Waals surface area contributed by atoms with E-state index in [2.05, 4.69) is 10.3 Å². The number of methoxy groups -OCH3 is 1. The van der Waals surface area contributed by atoms with Crippen LogP contribution in [0.1, 0.15) is 10.5 Å². The number of anilines is 1. The molecule has 1 aromatic carbocycles. The number of carboxylic acid groups (broad SMARTS) is 2. The summed E-state index contributed by atoms with van der Waals surface area (Å²) in [6.45, 7) is -0.512. The van der Waals surface area contributed by atoms with Gasteiger partial charge in [-0.25, -0.2) is 9.48 Å². The summed E-state index contributed by atoms with van der Waals surface area (Å²) in [4.78, 5) is 22.0. The number of carboxylic acids is 2. The van der Waals surface area contributed by atoms with Crippen molar-refractivity contribution in [3.8, 4) is 17.0 Å². The van der Waals surface area contributed by atoms with E-state index in [0.29, 0.717) is 11.3 Å². The Morgan fingerprint density at radius 1 is 1.38 bits per heavy atom. The van der Waals surface area contributed by atoms with Gasteiger partial charge in [-0.1, -0.05) is 5.21 Å². The molecule has 0 aliphatic carbocycles. The third-order valence-corrected chi connectivity index (χ3v) is 2.73. The van der Waals surface area contributed by atoms with Crippen LogP contribution in [0.2, 0.25) is 0 Å². The Balaban J connectivity index is 2.59. The van der Waals surface area contributed by atoms with E-state index < -0.39 is 18.5 Å². The predicted octanol–water partition coefficient (Wildman–Crippen LogP) is 0.319. The minimum atomic E-state index is -1.31. The van der Waals surface area contributed by atoms with Crippen LogP contribution in [0, 0.1) is 0 Å². The van der Waals surface area contributed by atoms with E-state index in [9.17, 15) is 9.59 Å². The van der Waals surface area contributed by atoms with Crippen LogP contribution in [0.15, 0.2) is 18.2 Å². The maximum atomic E-state index is 11.2. The maximum absolute atomic E-state index is 11.2. The van der Waals surface area contributed by atoms with Crippen LogP contribution < -0.4 is 10.5 Å². The maximum Gasteiger partial charge on any atom is 0.358 e. The molecule has 0 amide bonds. The molecule has 4 N–H and O–H groups in total. The quantitative estimate of drug-likeness (QED) is 0.669. The number of hydrogen-bond donors (Lipinski definition) is 3. The summed E-state index contributed by atoms with van der Waals surface area (Å²) >= 11 is 0. The van der Waals surface area contributed by atoms with Gasteiger partial charge >= 0.3 is 11.9 Å².